The number of hydrogen-bond donors (Lipinski definition) is 0. The highest BCUT2D eigenvalue weighted by Gasteiger charge is 2.26. The van der Waals surface area contributed by atoms with Crippen LogP contribution in [0.25, 0.3) is 4.91 Å². The van der Waals surface area contributed by atoms with E-state index in [1.165, 1.54) is 50.0 Å². The number of hydrogen-bond acceptors (Lipinski definition) is 4. The molecule has 0 amide bonds. The maximum atomic E-state index is 13.7. The molecule has 0 bridgehead atoms. The Morgan fingerprint density at radius 3 is 2.57 bits per heavy atom. The minimum atomic E-state index is -2.94. The molecule has 0 aromatic heterocycles. The van der Waals surface area contributed by atoms with E-state index >= 15 is 0 Å². The number of nitrogens with zero attached hydrogens (tertiary/aromatic N) is 2. The lowest BCUT2D eigenvalue weighted by atomic mass is 10.1. The molecule has 4 rings (SSSR count). The van der Waals surface area contributed by atoms with E-state index in [1.54, 1.807) is 33.3 Å². The van der Waals surface area contributed by atoms with E-state index in [0.29, 0.717) is 12.1 Å². The summed E-state index contributed by atoms with van der Waals surface area (Å²) in [5.41, 5.74) is -0.0497. The number of unbranched alkanes of at least 4 members (excludes halogenated alkanes) is 2. The summed E-state index contributed by atoms with van der Waals surface area (Å²) in [7, 11) is 1.60. The molecule has 2 aromatic carbocycles. The number of benzene rings is 2. The number of fused-ring (bicyclic) bond motifs is 1. The number of thioether (sulfide) groups is 1. The fraction of sp³-hybridized carbons (Fsp3) is 0.464. The van der Waals surface area contributed by atoms with Gasteiger partial charge in [-0.05, 0) is 74.7 Å². The van der Waals surface area contributed by atoms with Crippen molar-refractivity contribution in [2.75, 3.05) is 25.4 Å². The predicted octanol–water partition coefficient (Wildman–Crippen LogP) is 8.03. The highest BCUT2D eigenvalue weighted by Crippen LogP contribution is 2.41. The fourth-order valence-electron chi connectivity index (χ4n) is 4.43. The molecule has 7 heteroatoms. The smallest absolute Gasteiger partial charge is 0.283 e. The number of alkyl halides is 2. The Hall–Kier alpha value is -1.75. The van der Waals surface area contributed by atoms with Gasteiger partial charge in [-0.25, -0.2) is 0 Å². The molecule has 2 aromatic rings. The van der Waals surface area contributed by atoms with Crippen molar-refractivity contribution in [3.8, 4) is 5.75 Å². The van der Waals surface area contributed by atoms with Gasteiger partial charge in [0.2, 0.25) is 0 Å². The molecule has 1 atom stereocenters. The molecule has 0 aliphatic carbocycles. The van der Waals surface area contributed by atoms with Gasteiger partial charge in [-0.15, -0.1) is 11.8 Å². The van der Waals surface area contributed by atoms with Gasteiger partial charge in [0.1, 0.15) is 5.75 Å². The number of halogens is 2. The summed E-state index contributed by atoms with van der Waals surface area (Å²) in [6, 6.07) is 13.3. The van der Waals surface area contributed by atoms with Crippen molar-refractivity contribution < 1.29 is 13.5 Å². The van der Waals surface area contributed by atoms with Gasteiger partial charge in [0.25, 0.3) is 5.66 Å². The number of rotatable bonds is 11. The zero-order valence-corrected chi connectivity index (χ0v) is 22.2. The van der Waals surface area contributed by atoms with Gasteiger partial charge < -0.3 is 4.74 Å². The van der Waals surface area contributed by atoms with Gasteiger partial charge in [0.05, 0.1) is 12.3 Å². The van der Waals surface area contributed by atoms with E-state index in [2.05, 4.69) is 40.2 Å². The standard InChI is InChI=1S/C28H35F2N2OPS/c29-28(30,34)23-11-14-25-26(20-23)31-15-7-8-27(25)35-19-6-2-5-18-33-24-12-9-22(10-13-24)21-32-16-3-1-4-17-32/h8-15,20H,1-7,16-19,21,34H2. The van der Waals surface area contributed by atoms with Gasteiger partial charge in [0, 0.05) is 35.2 Å². The number of aliphatic imine (C=N–C) groups is 1. The lowest BCUT2D eigenvalue weighted by Crippen LogP contribution is -2.28. The average Bonchev–Trinajstić information content (AvgIpc) is 3.06. The molecule has 3 nitrogen and oxygen atoms in total. The third kappa shape index (κ3) is 8.13. The van der Waals surface area contributed by atoms with Crippen molar-refractivity contribution >= 4 is 37.8 Å². The van der Waals surface area contributed by atoms with E-state index in [1.807, 2.05) is 0 Å². The number of ether oxygens (including phenoxy) is 1. The van der Waals surface area contributed by atoms with Crippen LogP contribution >= 0.6 is 21.0 Å². The van der Waals surface area contributed by atoms with Crippen LogP contribution in [0.15, 0.2) is 53.5 Å². The zero-order valence-electron chi connectivity index (χ0n) is 20.2. The molecule has 188 valence electrons. The van der Waals surface area contributed by atoms with Crippen molar-refractivity contribution in [3.63, 3.8) is 0 Å². The highest BCUT2D eigenvalue weighted by molar-refractivity contribution is 8.08. The van der Waals surface area contributed by atoms with Crippen LogP contribution in [0.4, 0.5) is 14.5 Å². The first-order valence-corrected chi connectivity index (χ1v) is 14.2. The Morgan fingerprint density at radius 2 is 1.80 bits per heavy atom. The second kappa shape index (κ2) is 13.0. The summed E-state index contributed by atoms with van der Waals surface area (Å²) in [6.07, 6.45) is 11.8. The van der Waals surface area contributed by atoms with E-state index < -0.39 is 5.66 Å². The first-order chi connectivity index (χ1) is 17.0. The zero-order chi connectivity index (χ0) is 24.5. The molecule has 0 spiro atoms. The monoisotopic (exact) mass is 516 g/mol. The Labute approximate surface area is 214 Å². The van der Waals surface area contributed by atoms with E-state index in [9.17, 15) is 8.78 Å². The summed E-state index contributed by atoms with van der Waals surface area (Å²) in [5, 5.41) is 0. The normalized spacial score (nSPS) is 16.5. The number of allylic oxidation sites excluding steroid dienone is 1. The topological polar surface area (TPSA) is 24.8 Å². The van der Waals surface area contributed by atoms with Crippen molar-refractivity contribution in [1.29, 1.82) is 0 Å². The molecule has 2 aliphatic heterocycles. The number of likely N-dealkylation sites (tertiary alicyclic amines) is 1. The van der Waals surface area contributed by atoms with E-state index in [4.69, 9.17) is 4.74 Å². The van der Waals surface area contributed by atoms with Crippen molar-refractivity contribution in [3.05, 3.63) is 65.2 Å². The third-order valence-electron chi connectivity index (χ3n) is 6.38. The first kappa shape index (κ1) is 26.3. The molecular weight excluding hydrogens is 481 g/mol. The average molecular weight is 517 g/mol. The van der Waals surface area contributed by atoms with E-state index in [0.717, 1.165) is 54.4 Å². The molecular formula is C28H35F2N2OPS. The van der Waals surface area contributed by atoms with Gasteiger partial charge in [0.15, 0.2) is 0 Å². The lowest BCUT2D eigenvalue weighted by molar-refractivity contribution is 0.104. The minimum absolute atomic E-state index is 0.0266. The predicted molar refractivity (Wildman–Crippen MR) is 148 cm³/mol. The summed E-state index contributed by atoms with van der Waals surface area (Å²) < 4.78 is 33.3. The van der Waals surface area contributed by atoms with Crippen LogP contribution in [0, 0.1) is 0 Å². The van der Waals surface area contributed by atoms with Crippen molar-refractivity contribution in [1.82, 2.24) is 4.90 Å². The molecule has 2 heterocycles. The second-order valence-corrected chi connectivity index (χ2v) is 11.1. The Bertz CT molecular complexity index is 1010. The second-order valence-electron chi connectivity index (χ2n) is 9.21. The molecule has 2 aliphatic rings. The first-order valence-electron chi connectivity index (χ1n) is 12.6. The maximum absolute atomic E-state index is 13.7. The van der Waals surface area contributed by atoms with Crippen LogP contribution in [0.2, 0.25) is 0 Å². The molecule has 0 radical (unpaired) electrons. The van der Waals surface area contributed by atoms with Crippen LogP contribution in [0.5, 0.6) is 5.75 Å². The van der Waals surface area contributed by atoms with Crippen LogP contribution in [0.3, 0.4) is 0 Å². The largest absolute Gasteiger partial charge is 0.494 e. The molecule has 1 saturated heterocycles. The maximum Gasteiger partial charge on any atom is 0.283 e. The third-order valence-corrected chi connectivity index (χ3v) is 7.90. The SMILES string of the molecule is FC(F)(P)c1ccc2c(c1)N=CCC=C2SCCCCCOc1ccc(CN2CCCCC2)cc1. The van der Waals surface area contributed by atoms with Gasteiger partial charge in [-0.1, -0.05) is 46.0 Å². The van der Waals surface area contributed by atoms with Crippen LogP contribution in [-0.4, -0.2) is 36.6 Å². The number of piperidine rings is 1. The van der Waals surface area contributed by atoms with Crippen molar-refractivity contribution in [2.24, 2.45) is 4.99 Å². The van der Waals surface area contributed by atoms with Crippen LogP contribution in [-0.2, 0) is 12.2 Å². The van der Waals surface area contributed by atoms with E-state index in [-0.39, 0.29) is 5.56 Å². The van der Waals surface area contributed by atoms with Crippen molar-refractivity contribution in [2.45, 2.75) is 57.2 Å². The molecule has 35 heavy (non-hydrogen) atoms. The molecule has 1 fully saturated rings. The fourth-order valence-corrected chi connectivity index (χ4v) is 5.72. The summed E-state index contributed by atoms with van der Waals surface area (Å²) in [4.78, 5) is 8.05. The molecule has 1 unspecified atom stereocenters. The highest BCUT2D eigenvalue weighted by atomic mass is 32.2. The molecule has 0 N–H and O–H groups in total. The Balaban J connectivity index is 1.15. The van der Waals surface area contributed by atoms with Gasteiger partial charge in [-0.3, -0.25) is 9.89 Å². The van der Waals surface area contributed by atoms with Gasteiger partial charge in [-0.2, -0.15) is 8.78 Å². The summed E-state index contributed by atoms with van der Waals surface area (Å²) >= 11 is 1.78. The van der Waals surface area contributed by atoms with Gasteiger partial charge >= 0.3 is 0 Å². The quantitative estimate of drug-likeness (QED) is 0.223. The minimum Gasteiger partial charge on any atom is -0.494 e. The molecule has 0 saturated carbocycles. The van der Waals surface area contributed by atoms with Crippen LogP contribution < -0.4 is 4.74 Å². The summed E-state index contributed by atoms with van der Waals surface area (Å²) in [5.74, 6) is 1.93. The summed E-state index contributed by atoms with van der Waals surface area (Å²) in [6.45, 7) is 4.19. The van der Waals surface area contributed by atoms with Crippen LogP contribution in [0.1, 0.15) is 61.6 Å². The Kier molecular flexibility index (Phi) is 9.76. The lowest BCUT2D eigenvalue weighted by Gasteiger charge is -2.26. The Morgan fingerprint density at radius 1 is 1.00 bits per heavy atom.